The predicted molar refractivity (Wildman–Crippen MR) is 158 cm³/mol. The molecule has 0 aliphatic rings. The Balaban J connectivity index is 1.16. The van der Waals surface area contributed by atoms with E-state index in [9.17, 15) is 19.8 Å². The van der Waals surface area contributed by atoms with Crippen LogP contribution < -0.4 is 20.1 Å². The molecule has 0 spiro atoms. The molecule has 214 valence electrons. The number of rotatable bonds is 6. The Hall–Kier alpha value is -6.36. The van der Waals surface area contributed by atoms with E-state index in [1.165, 1.54) is 48.5 Å². The topological polar surface area (TPSA) is 178 Å². The third-order valence-corrected chi connectivity index (χ3v) is 6.07. The summed E-state index contributed by atoms with van der Waals surface area (Å²) < 4.78 is 16.2. The smallest absolute Gasteiger partial charge is 0.418 e. The number of phenols is 2. The highest BCUT2D eigenvalue weighted by Crippen LogP contribution is 2.29. The first-order valence-electron chi connectivity index (χ1n) is 12.8. The first-order chi connectivity index (χ1) is 20.7. The number of amides is 2. The highest BCUT2D eigenvalue weighted by molar-refractivity contribution is 6.05. The van der Waals surface area contributed by atoms with Crippen molar-refractivity contribution in [2.24, 2.45) is 0 Å². The van der Waals surface area contributed by atoms with Crippen molar-refractivity contribution in [1.82, 2.24) is 10.6 Å². The standard InChI is InChI=1S/C32H24N4O7/c33-29(35-31(39)41-25-13-9-23(37)10-14-25)21-5-1-19(2-6-21)27-17-18-28(43-27)20-3-7-22(8-4-20)30(34)36-32(40)42-26-15-11-24(38)12-16-26/h1-18,37-38H,(H2,33,35,39)(H2,34,36,40). The first-order valence-corrected chi connectivity index (χ1v) is 12.8. The van der Waals surface area contributed by atoms with Crippen LogP contribution in [0.5, 0.6) is 23.0 Å². The zero-order chi connectivity index (χ0) is 30.3. The Morgan fingerprint density at radius 3 is 1.23 bits per heavy atom. The normalized spacial score (nSPS) is 10.4. The Morgan fingerprint density at radius 1 is 0.535 bits per heavy atom. The van der Waals surface area contributed by atoms with Crippen LogP contribution >= 0.6 is 0 Å². The van der Waals surface area contributed by atoms with E-state index in [1.807, 2.05) is 0 Å². The van der Waals surface area contributed by atoms with Crippen LogP contribution in [0.1, 0.15) is 11.1 Å². The molecule has 0 radical (unpaired) electrons. The van der Waals surface area contributed by atoms with Gasteiger partial charge in [-0.3, -0.25) is 21.5 Å². The maximum absolute atomic E-state index is 12.1. The van der Waals surface area contributed by atoms with Crippen molar-refractivity contribution in [1.29, 1.82) is 10.8 Å². The summed E-state index contributed by atoms with van der Waals surface area (Å²) >= 11 is 0. The van der Waals surface area contributed by atoms with E-state index in [4.69, 9.17) is 24.7 Å². The third kappa shape index (κ3) is 7.24. The van der Waals surface area contributed by atoms with Crippen LogP contribution in [0.15, 0.2) is 114 Å². The maximum Gasteiger partial charge on any atom is 0.418 e. The lowest BCUT2D eigenvalue weighted by molar-refractivity contribution is 0.205. The zero-order valence-corrected chi connectivity index (χ0v) is 22.3. The van der Waals surface area contributed by atoms with E-state index in [1.54, 1.807) is 60.7 Å². The molecule has 0 unspecified atom stereocenters. The van der Waals surface area contributed by atoms with Crippen LogP contribution in [-0.4, -0.2) is 34.1 Å². The molecule has 0 bridgehead atoms. The Morgan fingerprint density at radius 2 is 0.884 bits per heavy atom. The predicted octanol–water partition coefficient (Wildman–Crippen LogP) is 6.25. The van der Waals surface area contributed by atoms with Gasteiger partial charge in [0.1, 0.15) is 46.2 Å². The van der Waals surface area contributed by atoms with E-state index >= 15 is 0 Å². The lowest BCUT2D eigenvalue weighted by Crippen LogP contribution is -2.32. The summed E-state index contributed by atoms with van der Waals surface area (Å²) in [4.78, 5) is 24.2. The molecule has 2 amide bonds. The molecule has 4 aromatic carbocycles. The van der Waals surface area contributed by atoms with Crippen molar-refractivity contribution in [3.05, 3.63) is 120 Å². The quantitative estimate of drug-likeness (QED) is 0.102. The lowest BCUT2D eigenvalue weighted by atomic mass is 10.1. The fourth-order valence-corrected chi connectivity index (χ4v) is 3.89. The molecule has 0 atom stereocenters. The van der Waals surface area contributed by atoms with Crippen molar-refractivity contribution in [2.45, 2.75) is 0 Å². The van der Waals surface area contributed by atoms with Crippen molar-refractivity contribution in [3.8, 4) is 45.6 Å². The molecule has 1 heterocycles. The van der Waals surface area contributed by atoms with E-state index < -0.39 is 12.2 Å². The molecule has 43 heavy (non-hydrogen) atoms. The minimum absolute atomic E-state index is 0.0426. The summed E-state index contributed by atoms with van der Waals surface area (Å²) in [5, 5.41) is 39.7. The van der Waals surface area contributed by atoms with Gasteiger partial charge in [0.15, 0.2) is 0 Å². The van der Waals surface area contributed by atoms with Gasteiger partial charge in [-0.1, -0.05) is 48.5 Å². The van der Waals surface area contributed by atoms with Crippen molar-refractivity contribution < 1.29 is 33.7 Å². The summed E-state index contributed by atoms with van der Waals surface area (Å²) in [6, 6.07) is 28.6. The second-order valence-corrected chi connectivity index (χ2v) is 9.09. The molecule has 1 aromatic heterocycles. The summed E-state index contributed by atoms with van der Waals surface area (Å²) in [7, 11) is 0. The van der Waals surface area contributed by atoms with Crippen LogP contribution in [0, 0.1) is 10.8 Å². The van der Waals surface area contributed by atoms with Crippen LogP contribution in [-0.2, 0) is 0 Å². The Kier molecular flexibility index (Phi) is 8.15. The first kappa shape index (κ1) is 28.2. The Labute approximate surface area is 245 Å². The minimum Gasteiger partial charge on any atom is -0.508 e. The molecule has 0 saturated heterocycles. The molecule has 5 rings (SSSR count). The van der Waals surface area contributed by atoms with Gasteiger partial charge in [-0.2, -0.15) is 0 Å². The number of amidine groups is 2. The average Bonchev–Trinajstić information content (AvgIpc) is 3.50. The van der Waals surface area contributed by atoms with Gasteiger partial charge >= 0.3 is 12.2 Å². The number of benzene rings is 4. The summed E-state index contributed by atoms with van der Waals surface area (Å²) in [6.07, 6.45) is -1.66. The van der Waals surface area contributed by atoms with E-state index in [0.717, 1.165) is 11.1 Å². The largest absolute Gasteiger partial charge is 0.508 e. The fraction of sp³-hybridized carbons (Fsp3) is 0. The highest BCUT2D eigenvalue weighted by atomic mass is 16.6. The molecular weight excluding hydrogens is 552 g/mol. The lowest BCUT2D eigenvalue weighted by Gasteiger charge is -2.09. The van der Waals surface area contributed by atoms with Crippen molar-refractivity contribution >= 4 is 23.9 Å². The number of phenolic OH excluding ortho intramolecular Hbond substituents is 2. The highest BCUT2D eigenvalue weighted by Gasteiger charge is 2.13. The van der Waals surface area contributed by atoms with E-state index in [2.05, 4.69) is 10.6 Å². The van der Waals surface area contributed by atoms with E-state index in [-0.39, 0.29) is 34.7 Å². The number of ether oxygens (including phenoxy) is 2. The van der Waals surface area contributed by atoms with Crippen molar-refractivity contribution in [3.63, 3.8) is 0 Å². The molecule has 0 fully saturated rings. The molecule has 6 N–H and O–H groups in total. The summed E-state index contributed by atoms with van der Waals surface area (Å²) in [5.41, 5.74) is 2.42. The molecule has 5 aromatic rings. The van der Waals surface area contributed by atoms with Gasteiger partial charge in [-0.25, -0.2) is 9.59 Å². The molecule has 0 aliphatic carbocycles. The molecule has 11 heteroatoms. The van der Waals surface area contributed by atoms with E-state index in [0.29, 0.717) is 22.6 Å². The number of nitrogens with one attached hydrogen (secondary N) is 4. The van der Waals surface area contributed by atoms with Gasteiger partial charge in [-0.15, -0.1) is 0 Å². The number of hydrogen-bond acceptors (Lipinski definition) is 9. The van der Waals surface area contributed by atoms with Crippen LogP contribution in [0.3, 0.4) is 0 Å². The molecule has 0 saturated carbocycles. The Bertz CT molecular complexity index is 1650. The van der Waals surface area contributed by atoms with Crippen LogP contribution in [0.25, 0.3) is 22.6 Å². The van der Waals surface area contributed by atoms with Crippen LogP contribution in [0.4, 0.5) is 9.59 Å². The second-order valence-electron chi connectivity index (χ2n) is 9.09. The zero-order valence-electron chi connectivity index (χ0n) is 22.3. The van der Waals surface area contributed by atoms with Gasteiger partial charge in [0, 0.05) is 22.3 Å². The van der Waals surface area contributed by atoms with Crippen LogP contribution in [0.2, 0.25) is 0 Å². The fourth-order valence-electron chi connectivity index (χ4n) is 3.89. The van der Waals surface area contributed by atoms with Gasteiger partial charge in [0.05, 0.1) is 0 Å². The third-order valence-electron chi connectivity index (χ3n) is 6.07. The molecule has 11 nitrogen and oxygen atoms in total. The number of furan rings is 1. The SMILES string of the molecule is N=C(NC(=O)Oc1ccc(O)cc1)c1ccc(-c2ccc(-c3ccc(C(=N)NC(=O)Oc4ccc(O)cc4)cc3)o2)cc1. The molecule has 0 aliphatic heterocycles. The summed E-state index contributed by atoms with van der Waals surface area (Å²) in [6.45, 7) is 0. The number of hydrogen-bond donors (Lipinski definition) is 6. The van der Waals surface area contributed by atoms with Gasteiger partial charge < -0.3 is 24.1 Å². The monoisotopic (exact) mass is 576 g/mol. The number of carbonyl (C=O) groups is 2. The number of aromatic hydroxyl groups is 2. The minimum atomic E-state index is -0.832. The summed E-state index contributed by atoms with van der Waals surface area (Å²) in [5.74, 6) is 1.41. The second kappa shape index (κ2) is 12.4. The van der Waals surface area contributed by atoms with Crippen molar-refractivity contribution in [2.75, 3.05) is 0 Å². The number of carbonyl (C=O) groups excluding carboxylic acids is 2. The van der Waals surface area contributed by atoms with Gasteiger partial charge in [0.2, 0.25) is 0 Å². The van der Waals surface area contributed by atoms with Gasteiger partial charge in [-0.05, 0) is 60.7 Å². The average molecular weight is 577 g/mol. The van der Waals surface area contributed by atoms with Gasteiger partial charge in [0.25, 0.3) is 0 Å². The maximum atomic E-state index is 12.1. The molecular formula is C32H24N4O7.